The summed E-state index contributed by atoms with van der Waals surface area (Å²) in [5, 5.41) is 3.04. The summed E-state index contributed by atoms with van der Waals surface area (Å²) in [4.78, 5) is 28.6. The average Bonchev–Trinajstić information content (AvgIpc) is 2.74. The summed E-state index contributed by atoms with van der Waals surface area (Å²) in [6.45, 7) is 6.52. The third-order valence-electron chi connectivity index (χ3n) is 5.40. The summed E-state index contributed by atoms with van der Waals surface area (Å²) in [5.74, 6) is -0.831. The Morgan fingerprint density at radius 2 is 1.69 bits per heavy atom. The highest BCUT2D eigenvalue weighted by Crippen LogP contribution is 2.15. The number of amides is 2. The number of benzene rings is 2. The quantitative estimate of drug-likeness (QED) is 0.815. The van der Waals surface area contributed by atoms with E-state index < -0.39 is 5.82 Å². The van der Waals surface area contributed by atoms with Crippen molar-refractivity contribution in [2.45, 2.75) is 26.3 Å². The van der Waals surface area contributed by atoms with Gasteiger partial charge in [0.2, 0.25) is 5.91 Å². The van der Waals surface area contributed by atoms with Gasteiger partial charge in [-0.15, -0.1) is 0 Å². The number of hydrogen-bond acceptors (Lipinski definition) is 3. The summed E-state index contributed by atoms with van der Waals surface area (Å²) in [6, 6.07) is 14.3. The molecule has 0 radical (unpaired) electrons. The minimum atomic E-state index is -0.500. The monoisotopic (exact) mass is 397 g/mol. The largest absolute Gasteiger partial charge is 0.348 e. The normalized spacial score (nSPS) is 15.8. The van der Waals surface area contributed by atoms with Crippen LogP contribution in [0.4, 0.5) is 4.39 Å². The van der Waals surface area contributed by atoms with E-state index in [0.717, 1.165) is 12.0 Å². The number of halogens is 1. The first kappa shape index (κ1) is 21.0. The number of nitrogens with zero attached hydrogens (tertiary/aromatic N) is 2. The highest BCUT2D eigenvalue weighted by Gasteiger charge is 2.25. The van der Waals surface area contributed by atoms with E-state index in [1.807, 2.05) is 11.8 Å². The molecule has 0 saturated carbocycles. The highest BCUT2D eigenvalue weighted by molar-refractivity contribution is 5.94. The molecule has 0 bridgehead atoms. The summed E-state index contributed by atoms with van der Waals surface area (Å²) in [7, 11) is 0. The Labute approximate surface area is 171 Å². The number of carbonyl (C=O) groups is 2. The third-order valence-corrected chi connectivity index (χ3v) is 5.40. The van der Waals surface area contributed by atoms with E-state index in [-0.39, 0.29) is 23.4 Å². The second-order valence-corrected chi connectivity index (χ2v) is 7.43. The fraction of sp³-hybridized carbons (Fsp3) is 0.391. The standard InChI is InChI=1S/C23H28FN3O2/c1-3-18-8-10-19(11-9-18)17(2)25-22(28)16-26-12-14-27(15-13-26)23(29)20-6-4-5-7-21(20)24/h4-11,17H,3,12-16H2,1-2H3,(H,25,28). The van der Waals surface area contributed by atoms with Crippen molar-refractivity contribution in [2.24, 2.45) is 0 Å². The third kappa shape index (κ3) is 5.41. The van der Waals surface area contributed by atoms with Gasteiger partial charge >= 0.3 is 0 Å². The van der Waals surface area contributed by atoms with Crippen LogP contribution >= 0.6 is 0 Å². The van der Waals surface area contributed by atoms with Crippen molar-refractivity contribution in [3.63, 3.8) is 0 Å². The van der Waals surface area contributed by atoms with Crippen LogP contribution in [-0.4, -0.2) is 54.3 Å². The van der Waals surface area contributed by atoms with E-state index in [9.17, 15) is 14.0 Å². The Morgan fingerprint density at radius 1 is 1.03 bits per heavy atom. The number of rotatable bonds is 6. The molecule has 6 heteroatoms. The predicted octanol–water partition coefficient (Wildman–Crippen LogP) is 3.02. The second kappa shape index (κ2) is 9.65. The Morgan fingerprint density at radius 3 is 2.31 bits per heavy atom. The molecule has 1 aliphatic heterocycles. The minimum absolute atomic E-state index is 0.0362. The molecule has 29 heavy (non-hydrogen) atoms. The Kier molecular flexibility index (Phi) is 6.99. The van der Waals surface area contributed by atoms with Gasteiger partial charge in [-0.05, 0) is 36.6 Å². The molecule has 1 saturated heterocycles. The number of carbonyl (C=O) groups excluding carboxylic acids is 2. The van der Waals surface area contributed by atoms with Crippen LogP contribution in [0.1, 0.15) is 41.4 Å². The average molecular weight is 397 g/mol. The molecular weight excluding hydrogens is 369 g/mol. The zero-order valence-corrected chi connectivity index (χ0v) is 17.0. The van der Waals surface area contributed by atoms with Gasteiger partial charge in [0.1, 0.15) is 5.82 Å². The molecule has 1 heterocycles. The van der Waals surface area contributed by atoms with Crippen LogP contribution < -0.4 is 5.32 Å². The fourth-order valence-electron chi connectivity index (χ4n) is 3.53. The molecule has 3 rings (SSSR count). The zero-order valence-electron chi connectivity index (χ0n) is 17.0. The van der Waals surface area contributed by atoms with Gasteiger partial charge in [0.25, 0.3) is 5.91 Å². The molecule has 0 aliphatic carbocycles. The first-order valence-electron chi connectivity index (χ1n) is 10.1. The van der Waals surface area contributed by atoms with Gasteiger partial charge in [0.15, 0.2) is 0 Å². The van der Waals surface area contributed by atoms with Crippen LogP contribution in [0.2, 0.25) is 0 Å². The molecule has 5 nitrogen and oxygen atoms in total. The molecule has 1 atom stereocenters. The van der Waals surface area contributed by atoms with Crippen LogP contribution in [0.3, 0.4) is 0 Å². The van der Waals surface area contributed by atoms with Gasteiger partial charge < -0.3 is 10.2 Å². The Bertz CT molecular complexity index is 845. The Balaban J connectivity index is 1.46. The van der Waals surface area contributed by atoms with E-state index in [2.05, 4.69) is 36.5 Å². The maximum atomic E-state index is 13.8. The van der Waals surface area contributed by atoms with Gasteiger partial charge in [0, 0.05) is 26.2 Å². The number of aryl methyl sites for hydroxylation is 1. The van der Waals surface area contributed by atoms with Gasteiger partial charge in [-0.3, -0.25) is 14.5 Å². The number of hydrogen-bond donors (Lipinski definition) is 1. The molecule has 0 aromatic heterocycles. The molecule has 2 amide bonds. The van der Waals surface area contributed by atoms with Crippen molar-refractivity contribution in [3.05, 3.63) is 71.0 Å². The first-order valence-corrected chi connectivity index (χ1v) is 10.1. The maximum Gasteiger partial charge on any atom is 0.256 e. The molecule has 1 unspecified atom stereocenters. The molecule has 1 aliphatic rings. The fourth-order valence-corrected chi connectivity index (χ4v) is 3.53. The van der Waals surface area contributed by atoms with E-state index in [4.69, 9.17) is 0 Å². The molecular formula is C23H28FN3O2. The van der Waals surface area contributed by atoms with Crippen molar-refractivity contribution in [3.8, 4) is 0 Å². The topological polar surface area (TPSA) is 52.7 Å². The smallest absolute Gasteiger partial charge is 0.256 e. The predicted molar refractivity (Wildman–Crippen MR) is 111 cm³/mol. The maximum absolute atomic E-state index is 13.8. The minimum Gasteiger partial charge on any atom is -0.348 e. The van der Waals surface area contributed by atoms with Crippen molar-refractivity contribution in [2.75, 3.05) is 32.7 Å². The Hall–Kier alpha value is -2.73. The lowest BCUT2D eigenvalue weighted by atomic mass is 10.0. The van der Waals surface area contributed by atoms with Crippen LogP contribution in [0.5, 0.6) is 0 Å². The molecule has 2 aromatic rings. The van der Waals surface area contributed by atoms with Gasteiger partial charge in [-0.2, -0.15) is 0 Å². The summed E-state index contributed by atoms with van der Waals surface area (Å²) in [5.41, 5.74) is 2.45. The number of nitrogens with one attached hydrogen (secondary N) is 1. The molecule has 1 fully saturated rings. The highest BCUT2D eigenvalue weighted by atomic mass is 19.1. The van der Waals surface area contributed by atoms with Crippen molar-refractivity contribution in [1.82, 2.24) is 15.1 Å². The lowest BCUT2D eigenvalue weighted by Crippen LogP contribution is -2.51. The van der Waals surface area contributed by atoms with Crippen LogP contribution in [0.25, 0.3) is 0 Å². The molecule has 1 N–H and O–H groups in total. The van der Waals surface area contributed by atoms with Crippen molar-refractivity contribution >= 4 is 11.8 Å². The van der Waals surface area contributed by atoms with E-state index >= 15 is 0 Å². The summed E-state index contributed by atoms with van der Waals surface area (Å²) >= 11 is 0. The van der Waals surface area contributed by atoms with Crippen LogP contribution in [0.15, 0.2) is 48.5 Å². The van der Waals surface area contributed by atoms with Crippen molar-refractivity contribution in [1.29, 1.82) is 0 Å². The van der Waals surface area contributed by atoms with Gasteiger partial charge in [0.05, 0.1) is 18.2 Å². The first-order chi connectivity index (χ1) is 14.0. The SMILES string of the molecule is CCc1ccc(C(C)NC(=O)CN2CCN(C(=O)c3ccccc3F)CC2)cc1. The van der Waals surface area contributed by atoms with Crippen molar-refractivity contribution < 1.29 is 14.0 Å². The molecule has 0 spiro atoms. The molecule has 154 valence electrons. The van der Waals surface area contributed by atoms with E-state index in [0.29, 0.717) is 32.7 Å². The van der Waals surface area contributed by atoms with Gasteiger partial charge in [-0.25, -0.2) is 4.39 Å². The van der Waals surface area contributed by atoms with Crippen LogP contribution in [0, 0.1) is 5.82 Å². The zero-order chi connectivity index (χ0) is 20.8. The van der Waals surface area contributed by atoms with Crippen LogP contribution in [-0.2, 0) is 11.2 Å². The molecule has 2 aromatic carbocycles. The van der Waals surface area contributed by atoms with Gasteiger partial charge in [-0.1, -0.05) is 43.3 Å². The second-order valence-electron chi connectivity index (χ2n) is 7.43. The van der Waals surface area contributed by atoms with E-state index in [1.54, 1.807) is 17.0 Å². The number of piperazine rings is 1. The van der Waals surface area contributed by atoms with E-state index in [1.165, 1.54) is 17.7 Å². The summed E-state index contributed by atoms with van der Waals surface area (Å²) < 4.78 is 13.8. The lowest BCUT2D eigenvalue weighted by molar-refractivity contribution is -0.123. The lowest BCUT2D eigenvalue weighted by Gasteiger charge is -2.34. The summed E-state index contributed by atoms with van der Waals surface area (Å²) in [6.07, 6.45) is 0.992.